The minimum atomic E-state index is -0.604. The van der Waals surface area contributed by atoms with Crippen LogP contribution >= 0.6 is 0 Å². The lowest BCUT2D eigenvalue weighted by atomic mass is 10.1. The first-order valence-electron chi connectivity index (χ1n) is 9.52. The average Bonchev–Trinajstić information content (AvgIpc) is 2.68. The summed E-state index contributed by atoms with van der Waals surface area (Å²) in [5, 5.41) is 29.9. The third-order valence-electron chi connectivity index (χ3n) is 4.58. The third kappa shape index (κ3) is 7.16. The Morgan fingerprint density at radius 2 is 1.35 bits per heavy atom. The van der Waals surface area contributed by atoms with Crippen LogP contribution in [0.15, 0.2) is 60.7 Å². The predicted molar refractivity (Wildman–Crippen MR) is 106 cm³/mol. The molecular weight excluding hydrogens is 326 g/mol. The topological polar surface area (TPSA) is 63.9 Å². The van der Waals surface area contributed by atoms with Crippen molar-refractivity contribution in [3.05, 3.63) is 66.2 Å². The second-order valence-electron chi connectivity index (χ2n) is 6.75. The van der Waals surface area contributed by atoms with Gasteiger partial charge in [0.15, 0.2) is 0 Å². The van der Waals surface area contributed by atoms with Crippen molar-refractivity contribution < 1.29 is 15.3 Å². The van der Waals surface area contributed by atoms with Gasteiger partial charge in [-0.25, -0.2) is 0 Å². The van der Waals surface area contributed by atoms with E-state index in [-0.39, 0.29) is 6.61 Å². The first kappa shape index (κ1) is 20.4. The van der Waals surface area contributed by atoms with Gasteiger partial charge < -0.3 is 20.2 Å². The summed E-state index contributed by atoms with van der Waals surface area (Å²) in [7, 11) is 0. The van der Waals surface area contributed by atoms with Gasteiger partial charge in [0.25, 0.3) is 0 Å². The highest BCUT2D eigenvalue weighted by Gasteiger charge is 2.17. The minimum Gasteiger partial charge on any atom is -0.396 e. The lowest BCUT2D eigenvalue weighted by Crippen LogP contribution is -2.35. The smallest absolute Gasteiger partial charge is 0.0964 e. The van der Waals surface area contributed by atoms with E-state index in [0.717, 1.165) is 43.4 Å². The lowest BCUT2D eigenvalue weighted by Gasteiger charge is -2.29. The molecule has 2 atom stereocenters. The average molecular weight is 357 g/mol. The Bertz CT molecular complexity index is 591. The number of nitrogens with zero attached hydrogens (tertiary/aromatic N) is 1. The van der Waals surface area contributed by atoms with Gasteiger partial charge in [-0.3, -0.25) is 0 Å². The monoisotopic (exact) mass is 357 g/mol. The van der Waals surface area contributed by atoms with Crippen LogP contribution in [0.1, 0.15) is 43.8 Å². The summed E-state index contributed by atoms with van der Waals surface area (Å²) in [6.45, 7) is 1.17. The normalized spacial score (nSPS) is 13.3. The van der Waals surface area contributed by atoms with Crippen LogP contribution in [0.2, 0.25) is 0 Å². The molecule has 2 aromatic carbocycles. The summed E-state index contributed by atoms with van der Waals surface area (Å²) in [5.74, 6) is 0. The molecule has 0 bridgehead atoms. The Hall–Kier alpha value is -1.88. The standard InChI is InChI=1S/C22H31NO3/c24-16-10-2-1-9-15-21(25)17-23(20-13-7-4-8-14-20)18-22(26)19-11-5-3-6-12-19/h3-8,11-14,21-22,24-26H,1-2,9-10,15-18H2. The molecule has 0 radical (unpaired) electrons. The fourth-order valence-corrected chi connectivity index (χ4v) is 3.10. The van der Waals surface area contributed by atoms with Crippen molar-refractivity contribution in [3.63, 3.8) is 0 Å². The second-order valence-corrected chi connectivity index (χ2v) is 6.75. The van der Waals surface area contributed by atoms with Crippen LogP contribution in [0.3, 0.4) is 0 Å². The number of aliphatic hydroxyl groups excluding tert-OH is 3. The van der Waals surface area contributed by atoms with Gasteiger partial charge in [0.05, 0.1) is 12.2 Å². The minimum absolute atomic E-state index is 0.238. The molecule has 0 saturated carbocycles. The van der Waals surface area contributed by atoms with Crippen molar-refractivity contribution in [2.45, 2.75) is 44.3 Å². The van der Waals surface area contributed by atoms with Crippen LogP contribution in [0.25, 0.3) is 0 Å². The molecule has 2 rings (SSSR count). The van der Waals surface area contributed by atoms with Gasteiger partial charge in [0.1, 0.15) is 0 Å². The fraction of sp³-hybridized carbons (Fsp3) is 0.455. The summed E-state index contributed by atoms with van der Waals surface area (Å²) in [6.07, 6.45) is 3.49. The second kappa shape index (κ2) is 11.7. The van der Waals surface area contributed by atoms with E-state index in [1.54, 1.807) is 0 Å². The van der Waals surface area contributed by atoms with E-state index < -0.39 is 12.2 Å². The molecule has 3 N–H and O–H groups in total. The summed E-state index contributed by atoms with van der Waals surface area (Å²) in [4.78, 5) is 2.05. The molecule has 2 aromatic rings. The molecule has 0 saturated heterocycles. The molecule has 0 fully saturated rings. The third-order valence-corrected chi connectivity index (χ3v) is 4.58. The van der Waals surface area contributed by atoms with Gasteiger partial charge >= 0.3 is 0 Å². The van der Waals surface area contributed by atoms with Crippen LogP contribution in [-0.4, -0.2) is 41.1 Å². The molecule has 0 heterocycles. The quantitative estimate of drug-likeness (QED) is 0.509. The molecule has 0 aromatic heterocycles. The molecule has 142 valence electrons. The number of para-hydroxylation sites is 1. The van der Waals surface area contributed by atoms with Crippen LogP contribution in [0.4, 0.5) is 5.69 Å². The molecule has 0 aliphatic rings. The van der Waals surface area contributed by atoms with Gasteiger partial charge in [-0.05, 0) is 30.5 Å². The highest BCUT2D eigenvalue weighted by atomic mass is 16.3. The number of anilines is 1. The molecule has 4 nitrogen and oxygen atoms in total. The summed E-state index contributed by atoms with van der Waals surface area (Å²) < 4.78 is 0. The van der Waals surface area contributed by atoms with Crippen molar-refractivity contribution in [1.82, 2.24) is 0 Å². The molecule has 2 unspecified atom stereocenters. The van der Waals surface area contributed by atoms with Crippen molar-refractivity contribution >= 4 is 5.69 Å². The van der Waals surface area contributed by atoms with Crippen molar-refractivity contribution in [2.75, 3.05) is 24.6 Å². The largest absolute Gasteiger partial charge is 0.396 e. The van der Waals surface area contributed by atoms with Gasteiger partial charge in [-0.15, -0.1) is 0 Å². The van der Waals surface area contributed by atoms with Crippen LogP contribution < -0.4 is 4.90 Å². The number of aliphatic hydroxyl groups is 3. The maximum Gasteiger partial charge on any atom is 0.0964 e. The Labute approximate surface area is 156 Å². The fourth-order valence-electron chi connectivity index (χ4n) is 3.10. The Balaban J connectivity index is 1.94. The molecule has 0 aliphatic heterocycles. The Morgan fingerprint density at radius 1 is 0.731 bits per heavy atom. The molecule has 0 spiro atoms. The van der Waals surface area contributed by atoms with E-state index in [0.29, 0.717) is 13.1 Å². The molecule has 26 heavy (non-hydrogen) atoms. The van der Waals surface area contributed by atoms with E-state index >= 15 is 0 Å². The maximum atomic E-state index is 10.6. The zero-order chi connectivity index (χ0) is 18.6. The van der Waals surface area contributed by atoms with E-state index in [1.807, 2.05) is 60.7 Å². The van der Waals surface area contributed by atoms with Crippen molar-refractivity contribution in [1.29, 1.82) is 0 Å². The van der Waals surface area contributed by atoms with Crippen LogP contribution in [-0.2, 0) is 0 Å². The van der Waals surface area contributed by atoms with Crippen LogP contribution in [0.5, 0.6) is 0 Å². The molecule has 0 amide bonds. The summed E-state index contributed by atoms with van der Waals surface area (Å²) in [6, 6.07) is 19.5. The van der Waals surface area contributed by atoms with Gasteiger partial charge in [0.2, 0.25) is 0 Å². The highest BCUT2D eigenvalue weighted by Crippen LogP contribution is 2.21. The number of benzene rings is 2. The van der Waals surface area contributed by atoms with Gasteiger partial charge in [-0.1, -0.05) is 67.8 Å². The van der Waals surface area contributed by atoms with E-state index in [1.165, 1.54) is 0 Å². The maximum absolute atomic E-state index is 10.6. The predicted octanol–water partition coefficient (Wildman–Crippen LogP) is 3.53. The Kier molecular flexibility index (Phi) is 9.18. The van der Waals surface area contributed by atoms with Crippen molar-refractivity contribution in [2.24, 2.45) is 0 Å². The van der Waals surface area contributed by atoms with Gasteiger partial charge in [-0.2, -0.15) is 0 Å². The number of rotatable bonds is 12. The summed E-state index contributed by atoms with van der Waals surface area (Å²) >= 11 is 0. The lowest BCUT2D eigenvalue weighted by molar-refractivity contribution is 0.151. The van der Waals surface area contributed by atoms with E-state index in [9.17, 15) is 10.2 Å². The zero-order valence-electron chi connectivity index (χ0n) is 15.4. The van der Waals surface area contributed by atoms with E-state index in [2.05, 4.69) is 4.90 Å². The number of hydrogen-bond acceptors (Lipinski definition) is 4. The number of hydrogen-bond donors (Lipinski definition) is 3. The van der Waals surface area contributed by atoms with Crippen molar-refractivity contribution in [3.8, 4) is 0 Å². The van der Waals surface area contributed by atoms with Gasteiger partial charge in [0, 0.05) is 25.4 Å². The van der Waals surface area contributed by atoms with Crippen LogP contribution in [0, 0.1) is 0 Å². The molecular formula is C22H31NO3. The first-order chi connectivity index (χ1) is 12.7. The highest BCUT2D eigenvalue weighted by molar-refractivity contribution is 5.46. The number of unbranched alkanes of at least 4 members (excludes halogenated alkanes) is 3. The molecule has 4 heteroatoms. The SMILES string of the molecule is OCCCCCCC(O)CN(CC(O)c1ccccc1)c1ccccc1. The summed E-state index contributed by atoms with van der Waals surface area (Å²) in [5.41, 5.74) is 1.88. The first-order valence-corrected chi connectivity index (χ1v) is 9.52. The zero-order valence-corrected chi connectivity index (χ0v) is 15.4. The Morgan fingerprint density at radius 3 is 2.00 bits per heavy atom. The molecule has 0 aliphatic carbocycles. The van der Waals surface area contributed by atoms with E-state index in [4.69, 9.17) is 5.11 Å².